The molecule has 1 saturated heterocycles. The molecule has 110 valence electrons. The fraction of sp³-hybridized carbons (Fsp3) is 0.571. The van der Waals surface area contributed by atoms with Crippen molar-refractivity contribution < 1.29 is 4.74 Å². The molecule has 1 aromatic rings. The van der Waals surface area contributed by atoms with Crippen molar-refractivity contribution in [3.05, 3.63) is 18.3 Å². The number of thiocarbonyl (C=S) groups is 1. The van der Waals surface area contributed by atoms with Gasteiger partial charge in [-0.2, -0.15) is 0 Å². The van der Waals surface area contributed by atoms with Gasteiger partial charge in [-0.25, -0.2) is 4.98 Å². The van der Waals surface area contributed by atoms with Crippen molar-refractivity contribution in [1.82, 2.24) is 10.3 Å². The fourth-order valence-corrected chi connectivity index (χ4v) is 2.37. The van der Waals surface area contributed by atoms with Crippen molar-refractivity contribution in [2.75, 3.05) is 36.5 Å². The molecule has 0 unspecified atom stereocenters. The maximum Gasteiger partial charge on any atom is 0.171 e. The summed E-state index contributed by atoms with van der Waals surface area (Å²) in [4.78, 5) is 6.69. The highest BCUT2D eigenvalue weighted by atomic mass is 32.1. The zero-order valence-corrected chi connectivity index (χ0v) is 13.1. The number of hydrogen-bond donors (Lipinski definition) is 2. The van der Waals surface area contributed by atoms with Crippen LogP contribution in [0.15, 0.2) is 18.3 Å². The molecular formula is C14H22N4OS. The van der Waals surface area contributed by atoms with E-state index in [4.69, 9.17) is 17.0 Å². The molecule has 1 fully saturated rings. The van der Waals surface area contributed by atoms with E-state index < -0.39 is 0 Å². The van der Waals surface area contributed by atoms with E-state index in [1.165, 1.54) is 0 Å². The number of aromatic nitrogens is 1. The average Bonchev–Trinajstić information content (AvgIpc) is 2.38. The van der Waals surface area contributed by atoms with Crippen LogP contribution in [0.1, 0.15) is 20.8 Å². The summed E-state index contributed by atoms with van der Waals surface area (Å²) in [6.07, 6.45) is 1.81. The van der Waals surface area contributed by atoms with Gasteiger partial charge in [-0.1, -0.05) is 0 Å². The first-order chi connectivity index (χ1) is 9.44. The number of ether oxygens (including phenoxy) is 1. The van der Waals surface area contributed by atoms with Gasteiger partial charge in [-0.3, -0.25) is 0 Å². The van der Waals surface area contributed by atoms with E-state index in [9.17, 15) is 0 Å². The third-order valence-electron chi connectivity index (χ3n) is 2.83. The molecule has 0 aliphatic carbocycles. The molecule has 2 rings (SSSR count). The topological polar surface area (TPSA) is 49.4 Å². The van der Waals surface area contributed by atoms with Crippen LogP contribution in [0.3, 0.4) is 0 Å². The predicted molar refractivity (Wildman–Crippen MR) is 86.4 cm³/mol. The lowest BCUT2D eigenvalue weighted by atomic mass is 10.1. The average molecular weight is 294 g/mol. The lowest BCUT2D eigenvalue weighted by Crippen LogP contribution is -2.42. The van der Waals surface area contributed by atoms with Crippen molar-refractivity contribution in [3.63, 3.8) is 0 Å². The normalized spacial score (nSPS) is 15.8. The van der Waals surface area contributed by atoms with Gasteiger partial charge in [-0.05, 0) is 45.1 Å². The van der Waals surface area contributed by atoms with Gasteiger partial charge < -0.3 is 20.3 Å². The molecule has 5 nitrogen and oxygen atoms in total. The molecule has 1 aromatic heterocycles. The van der Waals surface area contributed by atoms with E-state index >= 15 is 0 Å². The summed E-state index contributed by atoms with van der Waals surface area (Å²) in [5.74, 6) is 0.980. The van der Waals surface area contributed by atoms with Crippen LogP contribution in [0.5, 0.6) is 0 Å². The first-order valence-corrected chi connectivity index (χ1v) is 7.23. The quantitative estimate of drug-likeness (QED) is 0.814. The second kappa shape index (κ2) is 6.37. The molecule has 1 aliphatic rings. The van der Waals surface area contributed by atoms with Crippen LogP contribution in [0, 0.1) is 0 Å². The first-order valence-electron chi connectivity index (χ1n) is 6.82. The van der Waals surface area contributed by atoms with Crippen molar-refractivity contribution in [2.45, 2.75) is 26.3 Å². The van der Waals surface area contributed by atoms with Crippen LogP contribution < -0.4 is 15.5 Å². The van der Waals surface area contributed by atoms with Gasteiger partial charge in [0.05, 0.1) is 25.1 Å². The summed E-state index contributed by atoms with van der Waals surface area (Å²) in [7, 11) is 0. The minimum absolute atomic E-state index is 0.0503. The van der Waals surface area contributed by atoms with E-state index in [2.05, 4.69) is 41.3 Å². The number of morpholine rings is 1. The number of nitrogens with one attached hydrogen (secondary N) is 2. The Bertz CT molecular complexity index is 449. The van der Waals surface area contributed by atoms with Crippen molar-refractivity contribution >= 4 is 28.8 Å². The van der Waals surface area contributed by atoms with Gasteiger partial charge in [0, 0.05) is 18.6 Å². The van der Waals surface area contributed by atoms with Gasteiger partial charge in [0.25, 0.3) is 0 Å². The van der Waals surface area contributed by atoms with Crippen LogP contribution >= 0.6 is 12.2 Å². The monoisotopic (exact) mass is 294 g/mol. The van der Waals surface area contributed by atoms with Gasteiger partial charge in [0.2, 0.25) is 0 Å². The Kier molecular flexibility index (Phi) is 4.77. The summed E-state index contributed by atoms with van der Waals surface area (Å²) in [5.41, 5.74) is 0.842. The smallest absolute Gasteiger partial charge is 0.171 e. The van der Waals surface area contributed by atoms with Crippen molar-refractivity contribution in [3.8, 4) is 0 Å². The second-order valence-corrected chi connectivity index (χ2v) is 6.24. The van der Waals surface area contributed by atoms with Crippen LogP contribution in [0.2, 0.25) is 0 Å². The third-order valence-corrected chi connectivity index (χ3v) is 3.03. The van der Waals surface area contributed by atoms with E-state index in [1.807, 2.05) is 12.1 Å². The van der Waals surface area contributed by atoms with Gasteiger partial charge in [0.1, 0.15) is 5.82 Å². The molecule has 1 aliphatic heterocycles. The van der Waals surface area contributed by atoms with E-state index in [0.29, 0.717) is 5.11 Å². The minimum Gasteiger partial charge on any atom is -0.378 e. The van der Waals surface area contributed by atoms with Crippen LogP contribution in [0.4, 0.5) is 11.5 Å². The molecule has 0 bridgehead atoms. The lowest BCUT2D eigenvalue weighted by Gasteiger charge is -2.28. The first kappa shape index (κ1) is 15.0. The molecule has 0 atom stereocenters. The Morgan fingerprint density at radius 2 is 2.00 bits per heavy atom. The highest BCUT2D eigenvalue weighted by Gasteiger charge is 2.13. The molecule has 0 saturated carbocycles. The lowest BCUT2D eigenvalue weighted by molar-refractivity contribution is 0.122. The van der Waals surface area contributed by atoms with Crippen LogP contribution in [0.25, 0.3) is 0 Å². The number of anilines is 2. The SMILES string of the molecule is CC(C)(C)NC(=S)Nc1ccc(N2CCOCC2)nc1. The summed E-state index contributed by atoms with van der Waals surface area (Å²) >= 11 is 5.27. The highest BCUT2D eigenvalue weighted by Crippen LogP contribution is 2.15. The van der Waals surface area contributed by atoms with E-state index in [1.54, 1.807) is 6.20 Å². The maximum absolute atomic E-state index is 5.34. The second-order valence-electron chi connectivity index (χ2n) is 5.83. The van der Waals surface area contributed by atoms with Crippen molar-refractivity contribution in [2.24, 2.45) is 0 Å². The summed E-state index contributed by atoms with van der Waals surface area (Å²) in [5, 5.41) is 6.96. The Balaban J connectivity index is 1.92. The number of pyridine rings is 1. The number of rotatable bonds is 2. The summed E-state index contributed by atoms with van der Waals surface area (Å²) < 4.78 is 5.34. The fourth-order valence-electron chi connectivity index (χ4n) is 1.94. The molecule has 0 amide bonds. The van der Waals surface area contributed by atoms with Crippen LogP contribution in [-0.4, -0.2) is 41.9 Å². The summed E-state index contributed by atoms with van der Waals surface area (Å²) in [6.45, 7) is 9.53. The zero-order valence-electron chi connectivity index (χ0n) is 12.3. The van der Waals surface area contributed by atoms with Gasteiger partial charge >= 0.3 is 0 Å². The van der Waals surface area contributed by atoms with Crippen LogP contribution in [-0.2, 0) is 4.74 Å². The highest BCUT2D eigenvalue weighted by molar-refractivity contribution is 7.80. The maximum atomic E-state index is 5.34. The Morgan fingerprint density at radius 3 is 2.55 bits per heavy atom. The van der Waals surface area contributed by atoms with E-state index in [0.717, 1.165) is 37.8 Å². The Hall–Kier alpha value is -1.40. The zero-order chi connectivity index (χ0) is 14.6. The molecule has 20 heavy (non-hydrogen) atoms. The molecule has 6 heteroatoms. The minimum atomic E-state index is -0.0503. The molecule has 0 radical (unpaired) electrons. The number of nitrogens with zero attached hydrogens (tertiary/aromatic N) is 2. The Morgan fingerprint density at radius 1 is 1.30 bits per heavy atom. The van der Waals surface area contributed by atoms with Gasteiger partial charge in [0.15, 0.2) is 5.11 Å². The summed E-state index contributed by atoms with van der Waals surface area (Å²) in [6, 6.07) is 4.00. The molecule has 0 aromatic carbocycles. The molecule has 0 spiro atoms. The molecular weight excluding hydrogens is 272 g/mol. The van der Waals surface area contributed by atoms with Gasteiger partial charge in [-0.15, -0.1) is 0 Å². The Labute approximate surface area is 125 Å². The third kappa shape index (κ3) is 4.61. The largest absolute Gasteiger partial charge is 0.378 e. The van der Waals surface area contributed by atoms with E-state index in [-0.39, 0.29) is 5.54 Å². The molecule has 2 heterocycles. The molecule has 2 N–H and O–H groups in total. The standard InChI is InChI=1S/C14H22N4OS/c1-14(2,3)17-13(20)16-11-4-5-12(15-10-11)18-6-8-19-9-7-18/h4-5,10H,6-9H2,1-3H3,(H2,16,17,20). The predicted octanol–water partition coefficient (Wildman–Crippen LogP) is 2.00. The van der Waals surface area contributed by atoms with Crippen molar-refractivity contribution in [1.29, 1.82) is 0 Å². The number of hydrogen-bond acceptors (Lipinski definition) is 4.